The Morgan fingerprint density at radius 3 is 1.86 bits per heavy atom. The first-order chi connectivity index (χ1) is 13.3. The van der Waals surface area contributed by atoms with E-state index in [0.717, 1.165) is 15.7 Å². The molecule has 0 aliphatic carbocycles. The molecule has 28 heavy (non-hydrogen) atoms. The van der Waals surface area contributed by atoms with Crippen LogP contribution in [0, 0.1) is 0 Å². The first-order valence-corrected chi connectivity index (χ1v) is 11.4. The van der Waals surface area contributed by atoms with Gasteiger partial charge in [-0.2, -0.15) is 8.61 Å². The summed E-state index contributed by atoms with van der Waals surface area (Å²) in [5, 5.41) is 0. The third kappa shape index (κ3) is 3.81. The molecule has 0 radical (unpaired) electrons. The van der Waals surface area contributed by atoms with Gasteiger partial charge in [-0.15, -0.1) is 0 Å². The summed E-state index contributed by atoms with van der Waals surface area (Å²) in [6, 6.07) is 14.2. The lowest BCUT2D eigenvalue weighted by molar-refractivity contribution is -0.146. The molecule has 1 atom stereocenters. The van der Waals surface area contributed by atoms with Crippen LogP contribution in [0.25, 0.3) is 0 Å². The predicted octanol–water partition coefficient (Wildman–Crippen LogP) is 0.923. The summed E-state index contributed by atoms with van der Waals surface area (Å²) in [4.78, 5) is 12.4. The van der Waals surface area contributed by atoms with E-state index in [4.69, 9.17) is 4.74 Å². The molecule has 150 valence electrons. The van der Waals surface area contributed by atoms with E-state index < -0.39 is 32.1 Å². The molecule has 0 unspecified atom stereocenters. The summed E-state index contributed by atoms with van der Waals surface area (Å²) in [6.45, 7) is -0.560. The predicted molar refractivity (Wildman–Crippen MR) is 101 cm³/mol. The molecular weight excluding hydrogens is 404 g/mol. The number of rotatable bonds is 5. The van der Waals surface area contributed by atoms with Gasteiger partial charge in [0.15, 0.2) is 0 Å². The van der Waals surface area contributed by atoms with Gasteiger partial charge in [0, 0.05) is 19.6 Å². The van der Waals surface area contributed by atoms with Gasteiger partial charge in [0.25, 0.3) is 0 Å². The smallest absolute Gasteiger partial charge is 0.325 e. The molecule has 1 aliphatic heterocycles. The molecule has 3 rings (SSSR count). The van der Waals surface area contributed by atoms with Crippen molar-refractivity contribution < 1.29 is 26.4 Å². The molecule has 0 bridgehead atoms. The SMILES string of the molecule is COC(=O)[C@H]1CN(S(=O)(=O)c2ccccc2)CCN1S(=O)(=O)c1ccccc1. The Labute approximate surface area is 164 Å². The van der Waals surface area contributed by atoms with Crippen molar-refractivity contribution in [1.29, 1.82) is 0 Å². The van der Waals surface area contributed by atoms with Gasteiger partial charge in [-0.05, 0) is 24.3 Å². The maximum atomic E-state index is 13.0. The van der Waals surface area contributed by atoms with Gasteiger partial charge in [0.1, 0.15) is 6.04 Å². The number of benzene rings is 2. The van der Waals surface area contributed by atoms with Crippen molar-refractivity contribution in [3.8, 4) is 0 Å². The number of esters is 1. The molecule has 0 N–H and O–H groups in total. The van der Waals surface area contributed by atoms with Crippen molar-refractivity contribution in [2.75, 3.05) is 26.7 Å². The van der Waals surface area contributed by atoms with Crippen molar-refractivity contribution in [3.05, 3.63) is 60.7 Å². The largest absolute Gasteiger partial charge is 0.468 e. The number of ether oxygens (including phenoxy) is 1. The second-order valence-electron chi connectivity index (χ2n) is 6.14. The second-order valence-corrected chi connectivity index (χ2v) is 9.97. The number of carbonyl (C=O) groups is 1. The maximum absolute atomic E-state index is 13.0. The van der Waals surface area contributed by atoms with Gasteiger partial charge in [-0.1, -0.05) is 36.4 Å². The molecule has 2 aromatic carbocycles. The normalized spacial score (nSPS) is 19.2. The zero-order valence-electron chi connectivity index (χ0n) is 15.1. The van der Waals surface area contributed by atoms with Crippen LogP contribution in [-0.2, 0) is 29.6 Å². The summed E-state index contributed by atoms with van der Waals surface area (Å²) in [7, 11) is -6.72. The average molecular weight is 425 g/mol. The molecule has 8 nitrogen and oxygen atoms in total. The zero-order valence-corrected chi connectivity index (χ0v) is 16.8. The van der Waals surface area contributed by atoms with Crippen LogP contribution in [0.15, 0.2) is 70.5 Å². The topological polar surface area (TPSA) is 101 Å². The molecule has 0 aromatic heterocycles. The first kappa shape index (κ1) is 20.5. The molecule has 0 saturated carbocycles. The monoisotopic (exact) mass is 424 g/mol. The van der Waals surface area contributed by atoms with Gasteiger partial charge < -0.3 is 4.74 Å². The third-order valence-corrected chi connectivity index (χ3v) is 8.30. The minimum atomic E-state index is -3.99. The summed E-state index contributed by atoms with van der Waals surface area (Å²) < 4.78 is 58.6. The van der Waals surface area contributed by atoms with Crippen molar-refractivity contribution in [2.45, 2.75) is 15.8 Å². The Hall–Kier alpha value is -2.27. The molecule has 2 aromatic rings. The molecule has 0 spiro atoms. The van der Waals surface area contributed by atoms with Gasteiger partial charge in [0.2, 0.25) is 20.0 Å². The Bertz CT molecular complexity index is 1040. The molecule has 10 heteroatoms. The van der Waals surface area contributed by atoms with E-state index >= 15 is 0 Å². The van der Waals surface area contributed by atoms with Crippen LogP contribution in [0.2, 0.25) is 0 Å². The summed E-state index contributed by atoms with van der Waals surface area (Å²) in [5.41, 5.74) is 0. The lowest BCUT2D eigenvalue weighted by Crippen LogP contribution is -2.59. The molecular formula is C18H20N2O6S2. The minimum absolute atomic E-state index is 0.0308. The van der Waals surface area contributed by atoms with Gasteiger partial charge in [0.05, 0.1) is 16.9 Å². The van der Waals surface area contributed by atoms with E-state index in [0.29, 0.717) is 0 Å². The molecule has 1 fully saturated rings. The van der Waals surface area contributed by atoms with Crippen LogP contribution in [-0.4, -0.2) is 64.2 Å². The van der Waals surface area contributed by atoms with Gasteiger partial charge >= 0.3 is 5.97 Å². The number of sulfonamides is 2. The van der Waals surface area contributed by atoms with E-state index in [1.807, 2.05) is 0 Å². The number of methoxy groups -OCH3 is 1. The highest BCUT2D eigenvalue weighted by Gasteiger charge is 2.43. The highest BCUT2D eigenvalue weighted by Crippen LogP contribution is 2.25. The standard InChI is InChI=1S/C18H20N2O6S2/c1-26-18(21)17-14-19(27(22,23)15-8-4-2-5-9-15)12-13-20(17)28(24,25)16-10-6-3-7-11-16/h2-11,17H,12-14H2,1H3/t17-/m1/s1. The van der Waals surface area contributed by atoms with Crippen LogP contribution in [0.1, 0.15) is 0 Å². The fraction of sp³-hybridized carbons (Fsp3) is 0.278. The highest BCUT2D eigenvalue weighted by atomic mass is 32.2. The Morgan fingerprint density at radius 2 is 1.36 bits per heavy atom. The van der Waals surface area contributed by atoms with Crippen molar-refractivity contribution in [1.82, 2.24) is 8.61 Å². The molecule has 1 heterocycles. The van der Waals surface area contributed by atoms with Gasteiger partial charge in [-0.3, -0.25) is 4.79 Å². The van der Waals surface area contributed by atoms with E-state index in [1.54, 1.807) is 36.4 Å². The molecule has 0 amide bonds. The quantitative estimate of drug-likeness (QED) is 0.662. The lowest BCUT2D eigenvalue weighted by Gasteiger charge is -2.38. The van der Waals surface area contributed by atoms with Crippen molar-refractivity contribution >= 4 is 26.0 Å². The first-order valence-electron chi connectivity index (χ1n) is 8.48. The van der Waals surface area contributed by atoms with Crippen molar-refractivity contribution in [3.63, 3.8) is 0 Å². The van der Waals surface area contributed by atoms with Crippen molar-refractivity contribution in [2.24, 2.45) is 0 Å². The van der Waals surface area contributed by atoms with E-state index in [2.05, 4.69) is 0 Å². The highest BCUT2D eigenvalue weighted by molar-refractivity contribution is 7.89. The third-order valence-electron chi connectivity index (χ3n) is 4.50. The fourth-order valence-corrected chi connectivity index (χ4v) is 6.09. The summed E-state index contributed by atoms with van der Waals surface area (Å²) >= 11 is 0. The summed E-state index contributed by atoms with van der Waals surface area (Å²) in [5.74, 6) is -0.813. The number of carbonyl (C=O) groups excluding carboxylic acids is 1. The minimum Gasteiger partial charge on any atom is -0.468 e. The van der Waals surface area contributed by atoms with Crippen LogP contribution in [0.4, 0.5) is 0 Å². The number of hydrogen-bond acceptors (Lipinski definition) is 6. The lowest BCUT2D eigenvalue weighted by atomic mass is 10.2. The van der Waals surface area contributed by atoms with Crippen LogP contribution in [0.5, 0.6) is 0 Å². The number of piperazine rings is 1. The maximum Gasteiger partial charge on any atom is 0.325 e. The number of hydrogen-bond donors (Lipinski definition) is 0. The fourth-order valence-electron chi connectivity index (χ4n) is 3.04. The van der Waals surface area contributed by atoms with E-state index in [-0.39, 0.29) is 29.4 Å². The van der Waals surface area contributed by atoms with Crippen LogP contribution >= 0.6 is 0 Å². The Kier molecular flexibility index (Phi) is 5.84. The Balaban J connectivity index is 1.94. The molecule has 1 aliphatic rings. The zero-order chi connectivity index (χ0) is 20.4. The van der Waals surface area contributed by atoms with Gasteiger partial charge in [-0.25, -0.2) is 16.8 Å². The van der Waals surface area contributed by atoms with E-state index in [1.165, 1.54) is 24.3 Å². The Morgan fingerprint density at radius 1 is 0.857 bits per heavy atom. The summed E-state index contributed by atoms with van der Waals surface area (Å²) in [6.07, 6.45) is 0. The average Bonchev–Trinajstić information content (AvgIpc) is 2.74. The van der Waals surface area contributed by atoms with Crippen LogP contribution < -0.4 is 0 Å². The molecule has 1 saturated heterocycles. The number of nitrogens with zero attached hydrogens (tertiary/aromatic N) is 2. The van der Waals surface area contributed by atoms with Crippen LogP contribution in [0.3, 0.4) is 0 Å². The second kappa shape index (κ2) is 8.00. The van der Waals surface area contributed by atoms with E-state index in [9.17, 15) is 21.6 Å².